The molecule has 34 heavy (non-hydrogen) atoms. The molecule has 2 aromatic carbocycles. The van der Waals surface area contributed by atoms with Crippen molar-refractivity contribution in [1.82, 2.24) is 14.1 Å². The summed E-state index contributed by atoms with van der Waals surface area (Å²) in [4.78, 5) is 25.2. The summed E-state index contributed by atoms with van der Waals surface area (Å²) in [5.74, 6) is -1.22. The number of anilines is 1. The fourth-order valence-corrected chi connectivity index (χ4v) is 4.18. The van der Waals surface area contributed by atoms with E-state index in [1.807, 2.05) is 19.9 Å². The maximum absolute atomic E-state index is 12.6. The fourth-order valence-electron chi connectivity index (χ4n) is 3.25. The summed E-state index contributed by atoms with van der Waals surface area (Å²) in [6.07, 6.45) is -1.10. The van der Waals surface area contributed by atoms with Crippen LogP contribution in [0.3, 0.4) is 0 Å². The van der Waals surface area contributed by atoms with Gasteiger partial charge in [0, 0.05) is 25.5 Å². The molecular weight excluding hydrogens is 456 g/mol. The van der Waals surface area contributed by atoms with Crippen molar-refractivity contribution in [3.63, 3.8) is 0 Å². The summed E-state index contributed by atoms with van der Waals surface area (Å²) in [7, 11) is -0.803. The highest BCUT2D eigenvalue weighted by Gasteiger charge is 2.22. The van der Waals surface area contributed by atoms with Crippen LogP contribution < -0.4 is 5.32 Å². The number of carbonyl (C=O) groups is 2. The van der Waals surface area contributed by atoms with E-state index in [2.05, 4.69) is 10.4 Å². The highest BCUT2D eigenvalue weighted by molar-refractivity contribution is 7.89. The van der Waals surface area contributed by atoms with Crippen LogP contribution in [0.1, 0.15) is 34.2 Å². The van der Waals surface area contributed by atoms with Crippen LogP contribution in [-0.2, 0) is 19.6 Å². The zero-order valence-corrected chi connectivity index (χ0v) is 20.8. The van der Waals surface area contributed by atoms with E-state index in [4.69, 9.17) is 4.74 Å². The van der Waals surface area contributed by atoms with Gasteiger partial charge in [-0.3, -0.25) is 4.79 Å². The third-order valence-electron chi connectivity index (χ3n) is 5.26. The molecule has 3 rings (SSSR count). The van der Waals surface area contributed by atoms with Crippen LogP contribution in [0.4, 0.5) is 5.69 Å². The Morgan fingerprint density at radius 2 is 1.68 bits per heavy atom. The van der Waals surface area contributed by atoms with Gasteiger partial charge >= 0.3 is 5.97 Å². The molecule has 0 aliphatic heterocycles. The number of hydrogen-bond acceptors (Lipinski definition) is 6. The molecule has 1 amide bonds. The third kappa shape index (κ3) is 5.35. The summed E-state index contributed by atoms with van der Waals surface area (Å²) in [5, 5.41) is 7.06. The number of ether oxygens (including phenoxy) is 1. The molecule has 0 saturated heterocycles. The average molecular weight is 485 g/mol. The molecule has 0 spiro atoms. The van der Waals surface area contributed by atoms with E-state index >= 15 is 0 Å². The second kappa shape index (κ2) is 9.78. The lowest BCUT2D eigenvalue weighted by molar-refractivity contribution is -0.123. The van der Waals surface area contributed by atoms with Crippen molar-refractivity contribution in [3.8, 4) is 5.69 Å². The Balaban J connectivity index is 1.69. The van der Waals surface area contributed by atoms with E-state index in [1.165, 1.54) is 33.2 Å². The Kier molecular flexibility index (Phi) is 7.23. The average Bonchev–Trinajstić information content (AvgIpc) is 3.12. The number of amides is 1. The molecule has 0 radical (unpaired) electrons. The van der Waals surface area contributed by atoms with Gasteiger partial charge in [-0.2, -0.15) is 5.10 Å². The highest BCUT2D eigenvalue weighted by atomic mass is 32.2. The van der Waals surface area contributed by atoms with Crippen LogP contribution in [0.2, 0.25) is 0 Å². The molecule has 0 aliphatic rings. The molecule has 1 aromatic heterocycles. The van der Waals surface area contributed by atoms with Crippen LogP contribution in [0, 0.1) is 20.8 Å². The van der Waals surface area contributed by atoms with Crippen molar-refractivity contribution in [2.75, 3.05) is 19.4 Å². The van der Waals surface area contributed by atoms with E-state index in [0.717, 1.165) is 21.4 Å². The maximum Gasteiger partial charge on any atom is 0.338 e. The van der Waals surface area contributed by atoms with Gasteiger partial charge in [0.15, 0.2) is 6.10 Å². The lowest BCUT2D eigenvalue weighted by Crippen LogP contribution is -2.30. The van der Waals surface area contributed by atoms with Crippen LogP contribution in [0.5, 0.6) is 0 Å². The van der Waals surface area contributed by atoms with Gasteiger partial charge in [-0.05, 0) is 75.7 Å². The van der Waals surface area contributed by atoms with Gasteiger partial charge in [-0.15, -0.1) is 0 Å². The molecule has 1 N–H and O–H groups in total. The van der Waals surface area contributed by atoms with E-state index < -0.39 is 28.0 Å². The van der Waals surface area contributed by atoms with Gasteiger partial charge in [-0.25, -0.2) is 22.2 Å². The Hall–Kier alpha value is -3.50. The number of sulfonamides is 1. The second-order valence-electron chi connectivity index (χ2n) is 8.19. The van der Waals surface area contributed by atoms with Gasteiger partial charge in [0.25, 0.3) is 5.91 Å². The molecule has 10 heteroatoms. The van der Waals surface area contributed by atoms with E-state index in [0.29, 0.717) is 16.8 Å². The Bertz CT molecular complexity index is 1330. The normalized spacial score (nSPS) is 12.4. The number of esters is 1. The Morgan fingerprint density at radius 3 is 2.24 bits per heavy atom. The molecule has 1 unspecified atom stereocenters. The Morgan fingerprint density at radius 1 is 1.03 bits per heavy atom. The lowest BCUT2D eigenvalue weighted by atomic mass is 10.2. The minimum absolute atomic E-state index is 0.0470. The number of benzene rings is 2. The Labute approximate surface area is 199 Å². The first-order valence-electron chi connectivity index (χ1n) is 10.6. The minimum atomic E-state index is -3.66. The van der Waals surface area contributed by atoms with Crippen LogP contribution in [0.15, 0.2) is 53.4 Å². The number of rotatable bonds is 7. The topological polar surface area (TPSA) is 111 Å². The summed E-state index contributed by atoms with van der Waals surface area (Å²) >= 11 is 0. The molecule has 9 nitrogen and oxygen atoms in total. The first kappa shape index (κ1) is 25.1. The summed E-state index contributed by atoms with van der Waals surface area (Å²) in [6.45, 7) is 7.03. The first-order chi connectivity index (χ1) is 15.9. The van der Waals surface area contributed by atoms with Crippen molar-refractivity contribution < 1.29 is 22.7 Å². The largest absolute Gasteiger partial charge is 0.449 e. The fraction of sp³-hybridized carbons (Fsp3) is 0.292. The summed E-state index contributed by atoms with van der Waals surface area (Å²) in [6, 6.07) is 13.1. The van der Waals surface area contributed by atoms with Crippen LogP contribution in [0.25, 0.3) is 5.69 Å². The number of nitrogens with one attached hydrogen (secondary N) is 1. The third-order valence-corrected chi connectivity index (χ3v) is 7.07. The van der Waals surface area contributed by atoms with Crippen molar-refractivity contribution in [1.29, 1.82) is 0 Å². The van der Waals surface area contributed by atoms with Gasteiger partial charge in [-0.1, -0.05) is 6.07 Å². The maximum atomic E-state index is 12.6. The molecule has 0 saturated carbocycles. The van der Waals surface area contributed by atoms with Crippen molar-refractivity contribution in [2.45, 2.75) is 38.7 Å². The van der Waals surface area contributed by atoms with E-state index in [1.54, 1.807) is 41.9 Å². The predicted molar refractivity (Wildman–Crippen MR) is 129 cm³/mol. The number of aryl methyl sites for hydroxylation is 3. The predicted octanol–water partition coefficient (Wildman–Crippen LogP) is 3.23. The van der Waals surface area contributed by atoms with Crippen molar-refractivity contribution >= 4 is 27.6 Å². The zero-order valence-electron chi connectivity index (χ0n) is 20.0. The van der Waals surface area contributed by atoms with Gasteiger partial charge < -0.3 is 10.1 Å². The zero-order chi connectivity index (χ0) is 25.2. The second-order valence-corrected chi connectivity index (χ2v) is 10.3. The first-order valence-corrected chi connectivity index (χ1v) is 12.0. The number of aromatic nitrogens is 2. The number of nitrogens with zero attached hydrogens (tertiary/aromatic N) is 3. The van der Waals surface area contributed by atoms with Crippen LogP contribution in [-0.4, -0.2) is 54.6 Å². The molecule has 1 atom stereocenters. The van der Waals surface area contributed by atoms with Crippen molar-refractivity contribution in [2.24, 2.45) is 0 Å². The molecule has 0 bridgehead atoms. The van der Waals surface area contributed by atoms with E-state index in [-0.39, 0.29) is 4.90 Å². The quantitative estimate of drug-likeness (QED) is 0.516. The SMILES string of the molecule is Cc1cc(C)n(-c2ccc(C(=O)OC(C)C(=O)Nc3cc(S(=O)(=O)N(C)C)ccc3C)cc2)n1. The van der Waals surface area contributed by atoms with Crippen molar-refractivity contribution in [3.05, 3.63) is 71.0 Å². The highest BCUT2D eigenvalue weighted by Crippen LogP contribution is 2.22. The van der Waals surface area contributed by atoms with Gasteiger partial charge in [0.1, 0.15) is 0 Å². The molecule has 180 valence electrons. The molecule has 0 aliphatic carbocycles. The van der Waals surface area contributed by atoms with Gasteiger partial charge in [0.2, 0.25) is 10.0 Å². The number of carbonyl (C=O) groups excluding carboxylic acids is 2. The molecule has 1 heterocycles. The standard InChI is InChI=1S/C24H28N4O5S/c1-15-7-12-21(34(31,32)27(5)6)14-22(15)25-23(29)18(4)33-24(30)19-8-10-20(11-9-19)28-17(3)13-16(2)26-28/h7-14,18H,1-6H3,(H,25,29). The smallest absolute Gasteiger partial charge is 0.338 e. The summed E-state index contributed by atoms with van der Waals surface area (Å²) in [5.41, 5.74) is 3.95. The minimum Gasteiger partial charge on any atom is -0.449 e. The monoisotopic (exact) mass is 484 g/mol. The van der Waals surface area contributed by atoms with Gasteiger partial charge in [0.05, 0.1) is 21.8 Å². The molecule has 3 aromatic rings. The number of hydrogen-bond donors (Lipinski definition) is 1. The van der Waals surface area contributed by atoms with E-state index in [9.17, 15) is 18.0 Å². The van der Waals surface area contributed by atoms with Crippen LogP contribution >= 0.6 is 0 Å². The summed E-state index contributed by atoms with van der Waals surface area (Å²) < 4.78 is 33.0. The lowest BCUT2D eigenvalue weighted by Gasteiger charge is -2.17. The molecular formula is C24H28N4O5S. The molecule has 0 fully saturated rings.